The van der Waals surface area contributed by atoms with Gasteiger partial charge in [0, 0.05) is 23.4 Å². The fraction of sp³-hybridized carbons (Fsp3) is 0.125. The molecule has 8 nitrogen and oxygen atoms in total. The van der Waals surface area contributed by atoms with Crippen molar-refractivity contribution in [1.82, 2.24) is 4.84 Å². The number of rotatable bonds is 3. The molecule has 1 amide bonds. The summed E-state index contributed by atoms with van der Waals surface area (Å²) in [5.74, 6) is -0.837. The second-order valence-corrected chi connectivity index (χ2v) is 3.26. The van der Waals surface area contributed by atoms with Gasteiger partial charge in [0.25, 0.3) is 17.3 Å². The van der Waals surface area contributed by atoms with Gasteiger partial charge < -0.3 is 0 Å². The molecule has 0 aliphatic carbocycles. The van der Waals surface area contributed by atoms with Crippen LogP contribution in [0, 0.1) is 27.2 Å². The predicted molar refractivity (Wildman–Crippen MR) is 57.8 cm³/mol. The van der Waals surface area contributed by atoms with Crippen molar-refractivity contribution in [2.24, 2.45) is 0 Å². The zero-order valence-electron chi connectivity index (χ0n) is 8.47. The molecule has 0 spiro atoms. The number of nitro groups is 2. The smallest absolute Gasteiger partial charge is 0.268 e. The highest BCUT2D eigenvalue weighted by atomic mass is 35.5. The molecule has 0 unspecified atom stereocenters. The summed E-state index contributed by atoms with van der Waals surface area (Å²) in [6, 6.07) is 1.72. The van der Waals surface area contributed by atoms with Crippen molar-refractivity contribution in [3.8, 4) is 0 Å². The number of nitrogens with zero attached hydrogens (tertiary/aromatic N) is 2. The highest BCUT2D eigenvalue weighted by molar-refractivity contribution is 6.24. The van der Waals surface area contributed by atoms with Gasteiger partial charge in [-0.3, -0.25) is 29.9 Å². The molecular formula is C8H6ClN3O5. The SMILES string of the molecule is Cc1c(C(=O)[15NH]Cl)cc([N+](=O)[O-])cc1[N+](=O)[O-]. The van der Waals surface area contributed by atoms with Gasteiger partial charge in [0.05, 0.1) is 21.5 Å². The van der Waals surface area contributed by atoms with Crippen LogP contribution in [0.4, 0.5) is 11.4 Å². The quantitative estimate of drug-likeness (QED) is 0.384. The van der Waals surface area contributed by atoms with Crippen molar-refractivity contribution in [1.29, 1.82) is 0 Å². The van der Waals surface area contributed by atoms with Crippen molar-refractivity contribution in [2.45, 2.75) is 6.92 Å². The number of carbonyl (C=O) groups is 1. The first-order valence-corrected chi connectivity index (χ1v) is 4.60. The lowest BCUT2D eigenvalue weighted by molar-refractivity contribution is -0.394. The maximum absolute atomic E-state index is 11.3. The van der Waals surface area contributed by atoms with E-state index in [1.54, 1.807) is 4.84 Å². The third-order valence-corrected chi connectivity index (χ3v) is 2.27. The Hall–Kier alpha value is -2.22. The Bertz CT molecular complexity index is 516. The third kappa shape index (κ3) is 2.48. The average Bonchev–Trinajstić information content (AvgIpc) is 2.27. The molecule has 0 saturated heterocycles. The van der Waals surface area contributed by atoms with Crippen LogP contribution in [0.2, 0.25) is 0 Å². The lowest BCUT2D eigenvalue weighted by Gasteiger charge is -2.04. The van der Waals surface area contributed by atoms with Crippen LogP contribution in [0.1, 0.15) is 15.9 Å². The van der Waals surface area contributed by atoms with Crippen LogP contribution in [-0.2, 0) is 0 Å². The van der Waals surface area contributed by atoms with Crippen molar-refractivity contribution in [2.75, 3.05) is 0 Å². The maximum atomic E-state index is 11.3. The van der Waals surface area contributed by atoms with Gasteiger partial charge in [-0.1, -0.05) is 0 Å². The summed E-state index contributed by atoms with van der Waals surface area (Å²) in [6.45, 7) is 1.31. The van der Waals surface area contributed by atoms with Crippen molar-refractivity contribution >= 4 is 29.1 Å². The van der Waals surface area contributed by atoms with Crippen LogP contribution in [0.15, 0.2) is 12.1 Å². The molecule has 17 heavy (non-hydrogen) atoms. The van der Waals surface area contributed by atoms with Crippen molar-refractivity contribution < 1.29 is 14.6 Å². The minimum atomic E-state index is -0.837. The molecule has 90 valence electrons. The summed E-state index contributed by atoms with van der Waals surface area (Å²) >= 11 is 5.08. The van der Waals surface area contributed by atoms with E-state index in [-0.39, 0.29) is 11.1 Å². The number of benzene rings is 1. The highest BCUT2D eigenvalue weighted by Gasteiger charge is 2.24. The largest absolute Gasteiger partial charge is 0.279 e. The number of halogens is 1. The number of non-ortho nitro benzene ring substituents is 1. The zero-order valence-corrected chi connectivity index (χ0v) is 9.22. The summed E-state index contributed by atoms with van der Waals surface area (Å²) in [5.41, 5.74) is -1.24. The Balaban J connectivity index is 3.54. The Morgan fingerprint density at radius 2 is 1.88 bits per heavy atom. The molecule has 0 aliphatic heterocycles. The lowest BCUT2D eigenvalue weighted by Crippen LogP contribution is -2.15. The summed E-state index contributed by atoms with van der Waals surface area (Å²) < 4.78 is 0. The summed E-state index contributed by atoms with van der Waals surface area (Å²) in [6.07, 6.45) is 0. The van der Waals surface area contributed by atoms with E-state index in [4.69, 9.17) is 11.8 Å². The maximum Gasteiger partial charge on any atom is 0.279 e. The second-order valence-electron chi connectivity index (χ2n) is 3.08. The molecule has 0 fully saturated rings. The van der Waals surface area contributed by atoms with E-state index >= 15 is 0 Å². The summed E-state index contributed by atoms with van der Waals surface area (Å²) in [5, 5.41) is 21.2. The summed E-state index contributed by atoms with van der Waals surface area (Å²) in [4.78, 5) is 32.7. The topological polar surface area (TPSA) is 115 Å². The first-order chi connectivity index (χ1) is 7.88. The number of amides is 1. The van der Waals surface area contributed by atoms with E-state index in [1.807, 2.05) is 0 Å². The molecule has 1 aromatic rings. The van der Waals surface area contributed by atoms with Crippen LogP contribution in [0.5, 0.6) is 0 Å². The zero-order chi connectivity index (χ0) is 13.2. The van der Waals surface area contributed by atoms with Gasteiger partial charge in [-0.2, -0.15) is 0 Å². The molecule has 0 radical (unpaired) electrons. The highest BCUT2D eigenvalue weighted by Crippen LogP contribution is 2.27. The monoisotopic (exact) mass is 260 g/mol. The van der Waals surface area contributed by atoms with Gasteiger partial charge in [-0.05, 0) is 6.92 Å². The number of hydrogen-bond acceptors (Lipinski definition) is 5. The first kappa shape index (κ1) is 12.8. The normalized spacial score (nSPS) is 9.76. The number of hydrogen-bond donors (Lipinski definition) is 1. The van der Waals surface area contributed by atoms with Crippen LogP contribution in [0.25, 0.3) is 0 Å². The molecule has 0 heterocycles. The minimum Gasteiger partial charge on any atom is -0.268 e. The van der Waals surface area contributed by atoms with E-state index in [1.165, 1.54) is 6.92 Å². The Labute approximate surface area is 99.6 Å². The van der Waals surface area contributed by atoms with Crippen molar-refractivity contribution in [3.63, 3.8) is 0 Å². The lowest BCUT2D eigenvalue weighted by atomic mass is 10.1. The number of nitrogens with one attached hydrogen (secondary N) is 1. The number of carbonyl (C=O) groups excluding carboxylic acids is 1. The van der Waals surface area contributed by atoms with Crippen LogP contribution >= 0.6 is 11.8 Å². The Kier molecular flexibility index (Phi) is 3.59. The van der Waals surface area contributed by atoms with Gasteiger partial charge in [0.2, 0.25) is 0 Å². The third-order valence-electron chi connectivity index (χ3n) is 2.10. The predicted octanol–water partition coefficient (Wildman–Crippen LogP) is 1.70. The molecule has 0 aromatic heterocycles. The van der Waals surface area contributed by atoms with Crippen molar-refractivity contribution in [3.05, 3.63) is 43.5 Å². The van der Waals surface area contributed by atoms with Gasteiger partial charge in [-0.25, -0.2) is 0 Å². The summed E-state index contributed by atoms with van der Waals surface area (Å²) in [7, 11) is 0. The van der Waals surface area contributed by atoms with E-state index in [0.29, 0.717) is 0 Å². The van der Waals surface area contributed by atoms with Crippen LogP contribution in [0.3, 0.4) is 0 Å². The molecule has 0 atom stereocenters. The second kappa shape index (κ2) is 4.74. The standard InChI is InChI=1S/C8H6ClN3O5/c1-4-6(8(13)10-9)2-5(11(14)15)3-7(4)12(16)17/h2-3H,1H3,(H,10,13)/i10+1. The molecule has 1 N–H and O–H groups in total. The van der Waals surface area contributed by atoms with Gasteiger partial charge in [-0.15, -0.1) is 0 Å². The van der Waals surface area contributed by atoms with E-state index in [9.17, 15) is 25.0 Å². The number of nitro benzene ring substituents is 2. The van der Waals surface area contributed by atoms with Gasteiger partial charge in [0.1, 0.15) is 0 Å². The van der Waals surface area contributed by atoms with Crippen LogP contribution < -0.4 is 4.84 Å². The molecule has 9 heteroatoms. The molecule has 1 aromatic carbocycles. The van der Waals surface area contributed by atoms with E-state index in [0.717, 1.165) is 12.1 Å². The van der Waals surface area contributed by atoms with Crippen LogP contribution in [-0.4, -0.2) is 15.8 Å². The van der Waals surface area contributed by atoms with E-state index < -0.39 is 27.1 Å². The van der Waals surface area contributed by atoms with Gasteiger partial charge in [0.15, 0.2) is 0 Å². The Morgan fingerprint density at radius 3 is 2.29 bits per heavy atom. The average molecular weight is 261 g/mol. The fourth-order valence-electron chi connectivity index (χ4n) is 1.27. The molecule has 0 aliphatic rings. The Morgan fingerprint density at radius 1 is 1.29 bits per heavy atom. The molecule has 0 saturated carbocycles. The minimum absolute atomic E-state index is 0.0127. The van der Waals surface area contributed by atoms with Gasteiger partial charge >= 0.3 is 0 Å². The first-order valence-electron chi connectivity index (χ1n) is 4.23. The van der Waals surface area contributed by atoms with E-state index in [2.05, 4.69) is 0 Å². The molecule has 0 bridgehead atoms. The fourth-order valence-corrected chi connectivity index (χ4v) is 1.37. The molecular weight excluding hydrogens is 255 g/mol. The molecule has 1 rings (SSSR count).